The highest BCUT2D eigenvalue weighted by molar-refractivity contribution is 5.88. The fourth-order valence-electron chi connectivity index (χ4n) is 11.8. The van der Waals surface area contributed by atoms with Gasteiger partial charge in [-0.05, 0) is 141 Å². The Kier molecular flexibility index (Phi) is 15.5. The van der Waals surface area contributed by atoms with Crippen LogP contribution in [0.5, 0.6) is 0 Å². The van der Waals surface area contributed by atoms with Crippen LogP contribution in [0.3, 0.4) is 0 Å². The number of aliphatic hydroxyl groups excluding tert-OH is 4. The molecule has 0 aromatic carbocycles. The number of allylic oxidation sites excluding steroid dienone is 1. The first-order chi connectivity index (χ1) is 26.9. The van der Waals surface area contributed by atoms with Gasteiger partial charge in [0.25, 0.3) is 0 Å². The second-order valence-electron chi connectivity index (χ2n) is 18.4. The van der Waals surface area contributed by atoms with Gasteiger partial charge in [0.2, 0.25) is 0 Å². The van der Waals surface area contributed by atoms with Crippen molar-refractivity contribution in [3.8, 4) is 0 Å². The van der Waals surface area contributed by atoms with Crippen molar-refractivity contribution in [1.82, 2.24) is 16.0 Å². The smallest absolute Gasteiger partial charge is 0.334 e. The van der Waals surface area contributed by atoms with E-state index in [1.165, 1.54) is 0 Å². The predicted octanol–water partition coefficient (Wildman–Crippen LogP) is 1.07. The van der Waals surface area contributed by atoms with E-state index in [9.17, 15) is 30.0 Å². The number of aliphatic hydroxyl groups is 4. The summed E-state index contributed by atoms with van der Waals surface area (Å²) in [5.41, 5.74) is 12.4. The molecule has 11 N–H and O–H groups in total. The minimum Gasteiger partial charge on any atom is -0.456 e. The summed E-state index contributed by atoms with van der Waals surface area (Å²) in [7, 11) is 1.84. The molecule has 17 atom stereocenters. The SMILES string of the molecule is CC=C(CCNC)C(=O)O[C@H]1CC2C(O)C3C(=O)CC(CO)OC3C(C(C3CCNC(N)C3)[C@H](CO)C3CCCC(O)C3)C2O[C@@]1(C)CCC1CCC(N)NC1. The van der Waals surface area contributed by atoms with Crippen molar-refractivity contribution >= 4 is 11.8 Å². The first-order valence-electron chi connectivity index (χ1n) is 21.8. The molecule has 0 amide bonds. The molecule has 320 valence electrons. The average Bonchev–Trinajstić information content (AvgIpc) is 3.18. The molecule has 4 saturated heterocycles. The van der Waals surface area contributed by atoms with E-state index in [1.807, 2.05) is 20.9 Å². The van der Waals surface area contributed by atoms with Crippen LogP contribution in [-0.2, 0) is 23.8 Å². The normalized spacial score (nSPS) is 43.3. The van der Waals surface area contributed by atoms with Crippen LogP contribution >= 0.6 is 0 Å². The zero-order chi connectivity index (χ0) is 40.1. The topological polar surface area (TPSA) is 231 Å². The quantitative estimate of drug-likeness (QED) is 0.0886. The van der Waals surface area contributed by atoms with Gasteiger partial charge in [0.1, 0.15) is 17.5 Å². The van der Waals surface area contributed by atoms with E-state index < -0.39 is 65.9 Å². The van der Waals surface area contributed by atoms with E-state index >= 15 is 0 Å². The number of ketones is 1. The molecule has 0 radical (unpaired) electrons. The third-order valence-corrected chi connectivity index (χ3v) is 14.8. The highest BCUT2D eigenvalue weighted by Crippen LogP contribution is 2.56. The molecule has 56 heavy (non-hydrogen) atoms. The minimum absolute atomic E-state index is 0.00778. The number of esters is 1. The summed E-state index contributed by atoms with van der Waals surface area (Å²) in [5, 5.41) is 55.0. The number of ether oxygens (including phenoxy) is 3. The van der Waals surface area contributed by atoms with Crippen LogP contribution in [0.4, 0.5) is 0 Å². The number of carbonyl (C=O) groups excluding carboxylic acids is 2. The number of nitrogens with two attached hydrogens (primary N) is 2. The van der Waals surface area contributed by atoms with Gasteiger partial charge in [-0.25, -0.2) is 4.79 Å². The van der Waals surface area contributed by atoms with Gasteiger partial charge >= 0.3 is 5.97 Å². The highest BCUT2D eigenvalue weighted by atomic mass is 16.6. The van der Waals surface area contributed by atoms with Crippen LogP contribution in [0, 0.1) is 47.3 Å². The summed E-state index contributed by atoms with van der Waals surface area (Å²) in [6.45, 7) is 5.51. The Morgan fingerprint density at radius 1 is 1.05 bits per heavy atom. The first kappa shape index (κ1) is 44.0. The molecule has 2 aliphatic carbocycles. The Morgan fingerprint density at radius 3 is 2.52 bits per heavy atom. The van der Waals surface area contributed by atoms with Gasteiger partial charge in [-0.15, -0.1) is 0 Å². The van der Waals surface area contributed by atoms with Crippen LogP contribution in [0.2, 0.25) is 0 Å². The second-order valence-corrected chi connectivity index (χ2v) is 18.4. The number of fused-ring (bicyclic) bond motifs is 2. The zero-order valence-corrected chi connectivity index (χ0v) is 34.0. The van der Waals surface area contributed by atoms with E-state index in [1.54, 1.807) is 6.08 Å². The summed E-state index contributed by atoms with van der Waals surface area (Å²) >= 11 is 0. The molecule has 6 aliphatic rings. The van der Waals surface area contributed by atoms with Crippen molar-refractivity contribution in [2.24, 2.45) is 58.8 Å². The molecule has 14 nitrogen and oxygen atoms in total. The second kappa shape index (κ2) is 19.7. The minimum atomic E-state index is -1.13. The molecule has 2 saturated carbocycles. The number of hydrogen-bond donors (Lipinski definition) is 9. The zero-order valence-electron chi connectivity index (χ0n) is 34.0. The van der Waals surface area contributed by atoms with Crippen molar-refractivity contribution in [2.75, 3.05) is 39.9 Å². The third kappa shape index (κ3) is 9.73. The molecule has 0 bridgehead atoms. The van der Waals surface area contributed by atoms with Crippen LogP contribution in [0.15, 0.2) is 11.6 Å². The fourth-order valence-corrected chi connectivity index (χ4v) is 11.8. The Hall–Kier alpha value is -1.56. The van der Waals surface area contributed by atoms with Gasteiger partial charge in [0.15, 0.2) is 0 Å². The average molecular weight is 792 g/mol. The predicted molar refractivity (Wildman–Crippen MR) is 211 cm³/mol. The molecule has 0 spiro atoms. The molecular weight excluding hydrogens is 718 g/mol. The first-order valence-corrected chi connectivity index (χ1v) is 21.8. The molecule has 14 unspecified atom stereocenters. The lowest BCUT2D eigenvalue weighted by atomic mass is 9.53. The van der Waals surface area contributed by atoms with Crippen molar-refractivity contribution in [2.45, 2.75) is 152 Å². The number of rotatable bonds is 14. The van der Waals surface area contributed by atoms with E-state index in [-0.39, 0.29) is 61.4 Å². The van der Waals surface area contributed by atoms with E-state index in [2.05, 4.69) is 16.0 Å². The number of piperidine rings is 2. The fraction of sp³-hybridized carbons (Fsp3) is 0.905. The number of Topliss-reactive ketones (excluding diaryl/α,β-unsaturated/α-hetero) is 1. The largest absolute Gasteiger partial charge is 0.456 e. The molecule has 14 heteroatoms. The van der Waals surface area contributed by atoms with Crippen LogP contribution in [0.25, 0.3) is 0 Å². The van der Waals surface area contributed by atoms with Crippen LogP contribution < -0.4 is 27.4 Å². The van der Waals surface area contributed by atoms with E-state index in [0.29, 0.717) is 56.7 Å². The highest BCUT2D eigenvalue weighted by Gasteiger charge is 2.64. The van der Waals surface area contributed by atoms with Gasteiger partial charge in [-0.3, -0.25) is 4.79 Å². The molecule has 4 heterocycles. The van der Waals surface area contributed by atoms with Gasteiger partial charge in [-0.1, -0.05) is 12.5 Å². The standard InChI is InChI=1S/C42H73N5O9/c1-4-24(11-14-45-3)41(53)55-32-19-29-38(52)36-31(51)18-28(21-48)54-40(36)37(39(29)56-42(32,2)13-10-23-8-9-33(43)47-20-23)35(26-12-15-46-34(44)17-26)30(22-49)25-6-5-7-27(50)16-25/h4,23,25-30,32-40,45-50,52H,5-22,43-44H2,1-3H3/t23?,25?,26?,27?,28?,29?,30-,32+,33?,34?,35?,36?,37?,38?,39?,40?,42+/m1/s1. The van der Waals surface area contributed by atoms with Crippen molar-refractivity contribution in [3.63, 3.8) is 0 Å². The maximum Gasteiger partial charge on any atom is 0.334 e. The lowest BCUT2D eigenvalue weighted by molar-refractivity contribution is -0.296. The Balaban J connectivity index is 1.43. The lowest BCUT2D eigenvalue weighted by Gasteiger charge is -2.61. The molecule has 0 aromatic heterocycles. The molecule has 6 fully saturated rings. The molecule has 4 aliphatic heterocycles. The monoisotopic (exact) mass is 792 g/mol. The van der Waals surface area contributed by atoms with E-state index in [0.717, 1.165) is 51.5 Å². The number of nitrogens with one attached hydrogen (secondary N) is 3. The summed E-state index contributed by atoms with van der Waals surface area (Å²) < 4.78 is 20.7. The summed E-state index contributed by atoms with van der Waals surface area (Å²) in [4.78, 5) is 28.0. The number of carbonyl (C=O) groups is 2. The van der Waals surface area contributed by atoms with Crippen molar-refractivity contribution in [3.05, 3.63) is 11.6 Å². The van der Waals surface area contributed by atoms with Crippen molar-refractivity contribution < 1.29 is 44.2 Å². The van der Waals surface area contributed by atoms with Gasteiger partial charge in [0, 0.05) is 30.4 Å². The molecule has 6 rings (SSSR count). The summed E-state index contributed by atoms with van der Waals surface area (Å²) in [6, 6.07) is 0. The van der Waals surface area contributed by atoms with Crippen LogP contribution in [-0.4, -0.2) is 127 Å². The van der Waals surface area contributed by atoms with Crippen molar-refractivity contribution in [1.29, 1.82) is 0 Å². The molecular formula is C42H73N5O9. The Labute approximate surface area is 333 Å². The summed E-state index contributed by atoms with van der Waals surface area (Å²) in [5.74, 6) is -2.52. The maximum absolute atomic E-state index is 14.2. The summed E-state index contributed by atoms with van der Waals surface area (Å²) in [6.07, 6.45) is 5.61. The number of hydrogen-bond acceptors (Lipinski definition) is 14. The van der Waals surface area contributed by atoms with E-state index in [4.69, 9.17) is 25.7 Å². The molecule has 0 aromatic rings. The van der Waals surface area contributed by atoms with Gasteiger partial charge in [-0.2, -0.15) is 0 Å². The van der Waals surface area contributed by atoms with Crippen LogP contribution in [0.1, 0.15) is 97.3 Å². The Morgan fingerprint density at radius 2 is 1.86 bits per heavy atom. The lowest BCUT2D eigenvalue weighted by Crippen LogP contribution is -2.70. The van der Waals surface area contributed by atoms with Gasteiger partial charge < -0.3 is 62.1 Å². The maximum atomic E-state index is 14.2. The third-order valence-electron chi connectivity index (χ3n) is 14.8. The van der Waals surface area contributed by atoms with Gasteiger partial charge in [0.05, 0.1) is 55.4 Å². The Bertz CT molecular complexity index is 1330.